The largest absolute Gasteiger partial charge is 0.384 e. The molecule has 0 bridgehead atoms. The van der Waals surface area contributed by atoms with Gasteiger partial charge in [0.1, 0.15) is 0 Å². The zero-order valence-corrected chi connectivity index (χ0v) is 15.5. The third-order valence-electron chi connectivity index (χ3n) is 4.43. The second-order valence-corrected chi connectivity index (χ2v) is 7.84. The van der Waals surface area contributed by atoms with Gasteiger partial charge in [0.05, 0.1) is 6.42 Å². The van der Waals surface area contributed by atoms with Crippen LogP contribution in [0.4, 0.5) is 5.69 Å². The topological polar surface area (TPSA) is 53.2 Å². The summed E-state index contributed by atoms with van der Waals surface area (Å²) < 4.78 is 0. The Morgan fingerprint density at radius 3 is 2.50 bits per heavy atom. The van der Waals surface area contributed by atoms with Crippen LogP contribution in [0, 0.1) is 0 Å². The van der Waals surface area contributed by atoms with Gasteiger partial charge < -0.3 is 16.0 Å². The first-order valence-corrected chi connectivity index (χ1v) is 9.30. The molecule has 1 aromatic carbocycles. The number of anilines is 1. The van der Waals surface area contributed by atoms with Crippen molar-refractivity contribution in [1.82, 2.24) is 10.6 Å². The Morgan fingerprint density at radius 1 is 1.08 bits per heavy atom. The molecular weight excluding hydrogens is 298 g/mol. The molecule has 4 nitrogen and oxygen atoms in total. The number of hydrogen-bond donors (Lipinski definition) is 3. The molecule has 3 N–H and O–H groups in total. The van der Waals surface area contributed by atoms with Crippen LogP contribution in [0.15, 0.2) is 24.3 Å². The van der Waals surface area contributed by atoms with Crippen molar-refractivity contribution in [2.24, 2.45) is 0 Å². The molecule has 0 aliphatic heterocycles. The summed E-state index contributed by atoms with van der Waals surface area (Å²) in [6.07, 6.45) is 6.50. The Hall–Kier alpha value is -1.55. The minimum Gasteiger partial charge on any atom is -0.384 e. The van der Waals surface area contributed by atoms with Gasteiger partial charge in [-0.25, -0.2) is 0 Å². The number of rotatable bonds is 7. The minimum absolute atomic E-state index is 0.126. The van der Waals surface area contributed by atoms with Crippen LogP contribution in [-0.2, 0) is 11.2 Å². The summed E-state index contributed by atoms with van der Waals surface area (Å²) in [4.78, 5) is 12.3. The molecule has 134 valence electrons. The van der Waals surface area contributed by atoms with Crippen LogP contribution in [0.5, 0.6) is 0 Å². The molecule has 24 heavy (non-hydrogen) atoms. The normalized spacial score (nSPS) is 16.0. The van der Waals surface area contributed by atoms with Crippen LogP contribution in [0.3, 0.4) is 0 Å². The minimum atomic E-state index is 0.126. The van der Waals surface area contributed by atoms with Crippen LogP contribution in [0.2, 0.25) is 0 Å². The molecule has 1 aliphatic rings. The fourth-order valence-electron chi connectivity index (χ4n) is 3.18. The van der Waals surface area contributed by atoms with Crippen molar-refractivity contribution in [1.29, 1.82) is 0 Å². The Balaban J connectivity index is 1.82. The van der Waals surface area contributed by atoms with E-state index < -0.39 is 0 Å². The van der Waals surface area contributed by atoms with E-state index in [-0.39, 0.29) is 11.4 Å². The molecule has 0 atom stereocenters. The maximum Gasteiger partial charge on any atom is 0.224 e. The highest BCUT2D eigenvalue weighted by molar-refractivity contribution is 5.80. The van der Waals surface area contributed by atoms with E-state index in [2.05, 4.69) is 42.8 Å². The van der Waals surface area contributed by atoms with Crippen LogP contribution in [0.25, 0.3) is 0 Å². The van der Waals surface area contributed by atoms with Gasteiger partial charge >= 0.3 is 0 Å². The second kappa shape index (κ2) is 9.07. The van der Waals surface area contributed by atoms with E-state index in [0.29, 0.717) is 12.5 Å². The molecule has 1 aliphatic carbocycles. The number of benzene rings is 1. The molecule has 0 saturated heterocycles. The first-order valence-electron chi connectivity index (χ1n) is 9.30. The van der Waals surface area contributed by atoms with Crippen LogP contribution in [0.1, 0.15) is 58.4 Å². The lowest BCUT2D eigenvalue weighted by molar-refractivity contribution is -0.121. The lowest BCUT2D eigenvalue weighted by Gasteiger charge is -2.23. The zero-order valence-electron chi connectivity index (χ0n) is 15.5. The molecule has 0 heterocycles. The van der Waals surface area contributed by atoms with Gasteiger partial charge in [0, 0.05) is 30.4 Å². The number of para-hydroxylation sites is 1. The lowest BCUT2D eigenvalue weighted by atomic mass is 9.95. The van der Waals surface area contributed by atoms with Crippen LogP contribution >= 0.6 is 0 Å². The predicted molar refractivity (Wildman–Crippen MR) is 101 cm³/mol. The van der Waals surface area contributed by atoms with E-state index >= 15 is 0 Å². The van der Waals surface area contributed by atoms with Gasteiger partial charge in [-0.2, -0.15) is 0 Å². The van der Waals surface area contributed by atoms with Crippen molar-refractivity contribution in [3.63, 3.8) is 0 Å². The van der Waals surface area contributed by atoms with E-state index in [1.54, 1.807) is 0 Å². The van der Waals surface area contributed by atoms with E-state index in [1.165, 1.54) is 19.3 Å². The monoisotopic (exact) mass is 331 g/mol. The predicted octanol–water partition coefficient (Wildman–Crippen LogP) is 3.48. The summed E-state index contributed by atoms with van der Waals surface area (Å²) in [5.41, 5.74) is 2.26. The van der Waals surface area contributed by atoms with Crippen molar-refractivity contribution in [3.05, 3.63) is 29.8 Å². The summed E-state index contributed by atoms with van der Waals surface area (Å²) >= 11 is 0. The first-order chi connectivity index (χ1) is 11.4. The highest BCUT2D eigenvalue weighted by atomic mass is 16.1. The Bertz CT molecular complexity index is 516. The third-order valence-corrected chi connectivity index (χ3v) is 4.43. The summed E-state index contributed by atoms with van der Waals surface area (Å²) in [6.45, 7) is 8.23. The van der Waals surface area contributed by atoms with E-state index in [4.69, 9.17) is 0 Å². The van der Waals surface area contributed by atoms with Crippen LogP contribution < -0.4 is 16.0 Å². The average Bonchev–Trinajstić information content (AvgIpc) is 2.53. The number of hydrogen-bond acceptors (Lipinski definition) is 3. The lowest BCUT2D eigenvalue weighted by Crippen LogP contribution is -2.39. The molecule has 1 fully saturated rings. The second-order valence-electron chi connectivity index (χ2n) is 7.84. The molecule has 1 aromatic rings. The Labute approximate surface area is 146 Å². The standard InChI is InChI=1S/C20H33N3O/c1-20(2,3)22-14-13-21-18-12-8-7-9-16(18)15-19(24)23-17-10-5-4-6-11-17/h7-9,12,17,21-22H,4-6,10-11,13-15H2,1-3H3,(H,23,24). The average molecular weight is 332 g/mol. The van der Waals surface area contributed by atoms with Gasteiger partial charge in [0.25, 0.3) is 0 Å². The van der Waals surface area contributed by atoms with Gasteiger partial charge in [0.2, 0.25) is 5.91 Å². The van der Waals surface area contributed by atoms with E-state index in [9.17, 15) is 4.79 Å². The molecule has 1 amide bonds. The SMILES string of the molecule is CC(C)(C)NCCNc1ccccc1CC(=O)NC1CCCCC1. The zero-order chi connectivity index (χ0) is 17.4. The molecule has 0 unspecified atom stereocenters. The molecule has 0 aromatic heterocycles. The van der Waals surface area contributed by atoms with Crippen molar-refractivity contribution < 1.29 is 4.79 Å². The van der Waals surface area contributed by atoms with E-state index in [0.717, 1.165) is 37.2 Å². The van der Waals surface area contributed by atoms with Crippen molar-refractivity contribution in [2.45, 2.75) is 70.9 Å². The highest BCUT2D eigenvalue weighted by Gasteiger charge is 2.16. The van der Waals surface area contributed by atoms with Crippen molar-refractivity contribution in [2.75, 3.05) is 18.4 Å². The van der Waals surface area contributed by atoms with Gasteiger partial charge in [-0.05, 0) is 45.2 Å². The van der Waals surface area contributed by atoms with Gasteiger partial charge in [0.15, 0.2) is 0 Å². The molecule has 1 saturated carbocycles. The third kappa shape index (κ3) is 6.91. The Morgan fingerprint density at radius 2 is 1.79 bits per heavy atom. The molecule has 0 spiro atoms. The molecular formula is C20H33N3O. The maximum absolute atomic E-state index is 12.3. The smallest absolute Gasteiger partial charge is 0.224 e. The van der Waals surface area contributed by atoms with Gasteiger partial charge in [-0.3, -0.25) is 4.79 Å². The van der Waals surface area contributed by atoms with Gasteiger partial charge in [-0.1, -0.05) is 37.5 Å². The fourth-order valence-corrected chi connectivity index (χ4v) is 3.18. The number of carbonyl (C=O) groups is 1. The number of carbonyl (C=O) groups excluding carboxylic acids is 1. The highest BCUT2D eigenvalue weighted by Crippen LogP contribution is 2.19. The first kappa shape index (κ1) is 18.8. The van der Waals surface area contributed by atoms with Crippen LogP contribution in [-0.4, -0.2) is 30.6 Å². The summed E-state index contributed by atoms with van der Waals surface area (Å²) in [5, 5.41) is 10.1. The van der Waals surface area contributed by atoms with Gasteiger partial charge in [-0.15, -0.1) is 0 Å². The summed E-state index contributed by atoms with van der Waals surface area (Å²) in [5.74, 6) is 0.143. The molecule has 0 radical (unpaired) electrons. The Kier molecular flexibility index (Phi) is 7.10. The molecule has 2 rings (SSSR count). The number of nitrogens with one attached hydrogen (secondary N) is 3. The summed E-state index contributed by atoms with van der Waals surface area (Å²) in [6, 6.07) is 8.49. The molecule has 4 heteroatoms. The number of amides is 1. The van der Waals surface area contributed by atoms with Crippen molar-refractivity contribution >= 4 is 11.6 Å². The maximum atomic E-state index is 12.3. The quantitative estimate of drug-likeness (QED) is 0.671. The van der Waals surface area contributed by atoms with E-state index in [1.807, 2.05) is 18.2 Å². The fraction of sp³-hybridized carbons (Fsp3) is 0.650. The van der Waals surface area contributed by atoms with Crippen molar-refractivity contribution in [3.8, 4) is 0 Å². The summed E-state index contributed by atoms with van der Waals surface area (Å²) in [7, 11) is 0.